The third-order valence-electron chi connectivity index (χ3n) is 2.96. The number of nitrogens with zero attached hydrogens (tertiary/aromatic N) is 1. The van der Waals surface area contributed by atoms with Crippen LogP contribution < -0.4 is 5.73 Å². The molecule has 2 rings (SSSR count). The summed E-state index contributed by atoms with van der Waals surface area (Å²) in [5, 5.41) is 0.866. The van der Waals surface area contributed by atoms with Crippen LogP contribution in [-0.4, -0.2) is 17.1 Å². The van der Waals surface area contributed by atoms with Gasteiger partial charge in [0, 0.05) is 34.7 Å². The van der Waals surface area contributed by atoms with Crippen molar-refractivity contribution in [3.8, 4) is 0 Å². The van der Waals surface area contributed by atoms with Gasteiger partial charge < -0.3 is 15.0 Å². The van der Waals surface area contributed by atoms with E-state index >= 15 is 0 Å². The summed E-state index contributed by atoms with van der Waals surface area (Å²) in [5.41, 5.74) is 8.08. The van der Waals surface area contributed by atoms with Gasteiger partial charge in [-0.2, -0.15) is 0 Å². The second-order valence-corrected chi connectivity index (χ2v) is 4.88. The molecule has 4 nitrogen and oxygen atoms in total. The molecule has 0 aliphatic carbocycles. The van der Waals surface area contributed by atoms with Crippen LogP contribution in [0.1, 0.15) is 23.0 Å². The third kappa shape index (κ3) is 2.04. The number of nitrogens with two attached hydrogens (primary N) is 1. The second-order valence-electron chi connectivity index (χ2n) is 3.97. The first-order valence-electron chi connectivity index (χ1n) is 5.74. The molecule has 0 atom stereocenters. The monoisotopic (exact) mass is 310 g/mol. The van der Waals surface area contributed by atoms with Crippen LogP contribution in [0.25, 0.3) is 10.9 Å². The molecule has 0 radical (unpaired) electrons. The van der Waals surface area contributed by atoms with Gasteiger partial charge in [-0.25, -0.2) is 4.79 Å². The highest BCUT2D eigenvalue weighted by Crippen LogP contribution is 2.28. The van der Waals surface area contributed by atoms with E-state index in [9.17, 15) is 4.79 Å². The highest BCUT2D eigenvalue weighted by molar-refractivity contribution is 9.10. The molecule has 1 heterocycles. The Labute approximate surface area is 114 Å². The summed E-state index contributed by atoms with van der Waals surface area (Å²) in [6, 6.07) is 5.82. The number of rotatable bonds is 3. The number of aryl methyl sites for hydroxylation is 1. The quantitative estimate of drug-likeness (QED) is 0.886. The first kappa shape index (κ1) is 13.1. The Morgan fingerprint density at radius 3 is 2.83 bits per heavy atom. The minimum atomic E-state index is -0.318. The Morgan fingerprint density at radius 2 is 2.22 bits per heavy atom. The zero-order chi connectivity index (χ0) is 13.3. The molecule has 0 saturated heterocycles. The molecule has 1 aromatic carbocycles. The normalized spacial score (nSPS) is 10.9. The molecule has 18 heavy (non-hydrogen) atoms. The van der Waals surface area contributed by atoms with Crippen LogP contribution in [0.15, 0.2) is 22.7 Å². The minimum absolute atomic E-state index is 0.303. The predicted molar refractivity (Wildman–Crippen MR) is 74.5 cm³/mol. The van der Waals surface area contributed by atoms with Crippen molar-refractivity contribution in [3.63, 3.8) is 0 Å². The van der Waals surface area contributed by atoms with Crippen molar-refractivity contribution in [3.05, 3.63) is 33.9 Å². The van der Waals surface area contributed by atoms with Gasteiger partial charge in [0.1, 0.15) is 0 Å². The Balaban J connectivity index is 2.75. The van der Waals surface area contributed by atoms with Gasteiger partial charge in [-0.05, 0) is 25.1 Å². The highest BCUT2D eigenvalue weighted by Gasteiger charge is 2.21. The minimum Gasteiger partial charge on any atom is -0.462 e. The van der Waals surface area contributed by atoms with Crippen LogP contribution in [0.5, 0.6) is 0 Å². The lowest BCUT2D eigenvalue weighted by Gasteiger charge is -2.04. The number of carbonyl (C=O) groups excluding carboxylic acids is 1. The van der Waals surface area contributed by atoms with Gasteiger partial charge in [-0.1, -0.05) is 15.9 Å². The first-order chi connectivity index (χ1) is 8.60. The molecule has 0 bridgehead atoms. The molecular formula is C13H15BrN2O2. The Hall–Kier alpha value is -1.33. The summed E-state index contributed by atoms with van der Waals surface area (Å²) >= 11 is 3.42. The lowest BCUT2D eigenvalue weighted by atomic mass is 10.1. The molecule has 0 aliphatic rings. The van der Waals surface area contributed by atoms with Crippen molar-refractivity contribution in [2.45, 2.75) is 13.5 Å². The van der Waals surface area contributed by atoms with Crippen molar-refractivity contribution in [2.75, 3.05) is 6.61 Å². The number of halogens is 1. The van der Waals surface area contributed by atoms with Crippen LogP contribution in [0.2, 0.25) is 0 Å². The van der Waals surface area contributed by atoms with E-state index < -0.39 is 0 Å². The number of hydrogen-bond donors (Lipinski definition) is 1. The van der Waals surface area contributed by atoms with Crippen molar-refractivity contribution >= 4 is 32.8 Å². The summed E-state index contributed by atoms with van der Waals surface area (Å²) in [6.07, 6.45) is 0. The van der Waals surface area contributed by atoms with Gasteiger partial charge in [0.05, 0.1) is 12.2 Å². The maximum Gasteiger partial charge on any atom is 0.340 e. The maximum absolute atomic E-state index is 12.1. The lowest BCUT2D eigenvalue weighted by Crippen LogP contribution is -2.12. The SMILES string of the molecule is CCOC(=O)c1c(CN)n(C)c2ccc(Br)cc12. The number of hydrogen-bond acceptors (Lipinski definition) is 3. The Morgan fingerprint density at radius 1 is 1.50 bits per heavy atom. The molecule has 2 N–H and O–H groups in total. The summed E-state index contributed by atoms with van der Waals surface area (Å²) in [6.45, 7) is 2.45. The van der Waals surface area contributed by atoms with E-state index in [1.807, 2.05) is 29.8 Å². The molecule has 0 saturated carbocycles. The zero-order valence-electron chi connectivity index (χ0n) is 10.4. The first-order valence-corrected chi connectivity index (χ1v) is 6.53. The molecular weight excluding hydrogens is 296 g/mol. The lowest BCUT2D eigenvalue weighted by molar-refractivity contribution is 0.0527. The van der Waals surface area contributed by atoms with E-state index in [1.54, 1.807) is 6.92 Å². The van der Waals surface area contributed by atoms with E-state index in [0.717, 1.165) is 21.1 Å². The van der Waals surface area contributed by atoms with Gasteiger partial charge >= 0.3 is 5.97 Å². The van der Waals surface area contributed by atoms with Gasteiger partial charge in [0.25, 0.3) is 0 Å². The fraction of sp³-hybridized carbons (Fsp3) is 0.308. The molecule has 0 aliphatic heterocycles. The van der Waals surface area contributed by atoms with Crippen molar-refractivity contribution in [2.24, 2.45) is 12.8 Å². The van der Waals surface area contributed by atoms with Crippen LogP contribution in [-0.2, 0) is 18.3 Å². The standard InChI is InChI=1S/C13H15BrN2O2/c1-3-18-13(17)12-9-6-8(14)4-5-10(9)16(2)11(12)7-15/h4-6H,3,7,15H2,1-2H3. The van der Waals surface area contributed by atoms with Crippen molar-refractivity contribution in [1.29, 1.82) is 0 Å². The van der Waals surface area contributed by atoms with Crippen molar-refractivity contribution < 1.29 is 9.53 Å². The van der Waals surface area contributed by atoms with E-state index in [4.69, 9.17) is 10.5 Å². The number of aromatic nitrogens is 1. The number of ether oxygens (including phenoxy) is 1. The molecule has 0 fully saturated rings. The smallest absolute Gasteiger partial charge is 0.340 e. The molecule has 0 spiro atoms. The maximum atomic E-state index is 12.1. The van der Waals surface area contributed by atoms with Crippen LogP contribution >= 0.6 is 15.9 Å². The molecule has 96 valence electrons. The average molecular weight is 311 g/mol. The predicted octanol–water partition coefficient (Wildman–Crippen LogP) is 2.58. The fourth-order valence-corrected chi connectivity index (χ4v) is 2.50. The van der Waals surface area contributed by atoms with E-state index in [2.05, 4.69) is 15.9 Å². The highest BCUT2D eigenvalue weighted by atomic mass is 79.9. The van der Waals surface area contributed by atoms with Gasteiger partial charge in [0.15, 0.2) is 0 Å². The van der Waals surface area contributed by atoms with Gasteiger partial charge in [0.2, 0.25) is 0 Å². The molecule has 2 aromatic rings. The Kier molecular flexibility index (Phi) is 3.73. The van der Waals surface area contributed by atoms with Crippen LogP contribution in [0.4, 0.5) is 0 Å². The largest absolute Gasteiger partial charge is 0.462 e. The van der Waals surface area contributed by atoms with Gasteiger partial charge in [-0.15, -0.1) is 0 Å². The Bertz CT molecular complexity index is 605. The van der Waals surface area contributed by atoms with E-state index in [0.29, 0.717) is 18.7 Å². The molecule has 0 amide bonds. The van der Waals surface area contributed by atoms with Crippen LogP contribution in [0, 0.1) is 0 Å². The fourth-order valence-electron chi connectivity index (χ4n) is 2.14. The second kappa shape index (κ2) is 5.12. The summed E-state index contributed by atoms with van der Waals surface area (Å²) < 4.78 is 7.97. The molecule has 5 heteroatoms. The molecule has 1 aromatic heterocycles. The number of fused-ring (bicyclic) bond motifs is 1. The topological polar surface area (TPSA) is 57.2 Å². The number of esters is 1. The van der Waals surface area contributed by atoms with E-state index in [1.165, 1.54) is 0 Å². The average Bonchev–Trinajstić information content (AvgIpc) is 2.61. The van der Waals surface area contributed by atoms with Gasteiger partial charge in [-0.3, -0.25) is 0 Å². The van der Waals surface area contributed by atoms with Crippen molar-refractivity contribution in [1.82, 2.24) is 4.57 Å². The number of benzene rings is 1. The van der Waals surface area contributed by atoms with E-state index in [-0.39, 0.29) is 5.97 Å². The summed E-state index contributed by atoms with van der Waals surface area (Å²) in [7, 11) is 1.90. The summed E-state index contributed by atoms with van der Waals surface area (Å²) in [4.78, 5) is 12.1. The summed E-state index contributed by atoms with van der Waals surface area (Å²) in [5.74, 6) is -0.318. The third-order valence-corrected chi connectivity index (χ3v) is 3.45. The number of carbonyl (C=O) groups is 1. The zero-order valence-corrected chi connectivity index (χ0v) is 12.0. The van der Waals surface area contributed by atoms with Crippen LogP contribution in [0.3, 0.4) is 0 Å². The molecule has 0 unspecified atom stereocenters.